The van der Waals surface area contributed by atoms with Gasteiger partial charge in [-0.05, 0) is 24.0 Å². The Morgan fingerprint density at radius 2 is 1.94 bits per heavy atom. The molecular formula is C15H23NO2. The fourth-order valence-electron chi connectivity index (χ4n) is 2.03. The van der Waals surface area contributed by atoms with Gasteiger partial charge in [-0.2, -0.15) is 0 Å². The summed E-state index contributed by atoms with van der Waals surface area (Å²) in [5.41, 5.74) is 2.48. The number of nitrogens with one attached hydrogen (secondary N) is 1. The van der Waals surface area contributed by atoms with Crippen molar-refractivity contribution in [1.29, 1.82) is 0 Å². The van der Waals surface area contributed by atoms with E-state index in [1.807, 2.05) is 12.1 Å². The number of hydrogen-bond acceptors (Lipinski definition) is 2. The number of carboxylic acid groups (broad SMARTS) is 1. The van der Waals surface area contributed by atoms with Crippen LogP contribution < -0.4 is 5.32 Å². The highest BCUT2D eigenvalue weighted by Crippen LogP contribution is 2.10. The van der Waals surface area contributed by atoms with Crippen molar-refractivity contribution in [3.63, 3.8) is 0 Å². The third kappa shape index (κ3) is 4.49. The Morgan fingerprint density at radius 3 is 2.50 bits per heavy atom. The van der Waals surface area contributed by atoms with Crippen molar-refractivity contribution in [2.24, 2.45) is 0 Å². The molecule has 0 amide bonds. The summed E-state index contributed by atoms with van der Waals surface area (Å²) >= 11 is 0. The van der Waals surface area contributed by atoms with Gasteiger partial charge in [0.05, 0.1) is 0 Å². The second-order valence-corrected chi connectivity index (χ2v) is 4.54. The highest BCUT2D eigenvalue weighted by molar-refractivity contribution is 5.73. The molecule has 0 aliphatic carbocycles. The minimum absolute atomic E-state index is 0.435. The van der Waals surface area contributed by atoms with E-state index in [4.69, 9.17) is 5.11 Å². The SMILES string of the molecule is CCCCC(NCc1ccccc1CC)C(=O)O. The van der Waals surface area contributed by atoms with E-state index >= 15 is 0 Å². The van der Waals surface area contributed by atoms with Crippen LogP contribution in [0.4, 0.5) is 0 Å². The smallest absolute Gasteiger partial charge is 0.320 e. The maximum atomic E-state index is 11.1. The van der Waals surface area contributed by atoms with Crippen LogP contribution in [0.15, 0.2) is 24.3 Å². The van der Waals surface area contributed by atoms with Crippen LogP contribution in [0.3, 0.4) is 0 Å². The highest BCUT2D eigenvalue weighted by atomic mass is 16.4. The lowest BCUT2D eigenvalue weighted by molar-refractivity contribution is -0.139. The zero-order valence-corrected chi connectivity index (χ0v) is 11.3. The van der Waals surface area contributed by atoms with Crippen LogP contribution in [-0.2, 0) is 17.8 Å². The van der Waals surface area contributed by atoms with E-state index in [1.54, 1.807) is 0 Å². The Kier molecular flexibility index (Phi) is 6.44. The molecule has 0 spiro atoms. The van der Waals surface area contributed by atoms with Crippen LogP contribution in [-0.4, -0.2) is 17.1 Å². The molecule has 0 saturated heterocycles. The molecule has 1 atom stereocenters. The molecular weight excluding hydrogens is 226 g/mol. The monoisotopic (exact) mass is 249 g/mol. The van der Waals surface area contributed by atoms with Crippen LogP contribution in [0.1, 0.15) is 44.2 Å². The normalized spacial score (nSPS) is 12.3. The van der Waals surface area contributed by atoms with Gasteiger partial charge in [0, 0.05) is 6.54 Å². The molecule has 100 valence electrons. The molecule has 1 aromatic rings. The van der Waals surface area contributed by atoms with Gasteiger partial charge >= 0.3 is 5.97 Å². The maximum Gasteiger partial charge on any atom is 0.320 e. The first-order chi connectivity index (χ1) is 8.69. The van der Waals surface area contributed by atoms with Crippen molar-refractivity contribution in [2.45, 2.75) is 52.1 Å². The molecule has 2 N–H and O–H groups in total. The molecule has 18 heavy (non-hydrogen) atoms. The average Bonchev–Trinajstić information content (AvgIpc) is 2.38. The predicted octanol–water partition coefficient (Wildman–Crippen LogP) is 2.98. The third-order valence-corrected chi connectivity index (χ3v) is 3.18. The van der Waals surface area contributed by atoms with E-state index in [2.05, 4.69) is 31.3 Å². The zero-order valence-electron chi connectivity index (χ0n) is 11.3. The van der Waals surface area contributed by atoms with Crippen molar-refractivity contribution in [1.82, 2.24) is 5.32 Å². The predicted molar refractivity (Wildman–Crippen MR) is 73.6 cm³/mol. The number of carbonyl (C=O) groups is 1. The Morgan fingerprint density at radius 1 is 1.28 bits per heavy atom. The van der Waals surface area contributed by atoms with Gasteiger partial charge in [0.1, 0.15) is 6.04 Å². The van der Waals surface area contributed by atoms with Crippen molar-refractivity contribution >= 4 is 5.97 Å². The van der Waals surface area contributed by atoms with Gasteiger partial charge in [0.25, 0.3) is 0 Å². The first kappa shape index (κ1) is 14.7. The molecule has 1 aromatic carbocycles. The molecule has 0 aliphatic heterocycles. The van der Waals surface area contributed by atoms with Crippen LogP contribution in [0, 0.1) is 0 Å². The lowest BCUT2D eigenvalue weighted by Crippen LogP contribution is -2.36. The summed E-state index contributed by atoms with van der Waals surface area (Å²) in [6.45, 7) is 4.82. The Balaban J connectivity index is 2.58. The van der Waals surface area contributed by atoms with Crippen LogP contribution in [0.5, 0.6) is 0 Å². The minimum atomic E-state index is -0.752. The number of benzene rings is 1. The third-order valence-electron chi connectivity index (χ3n) is 3.18. The molecule has 0 radical (unpaired) electrons. The van der Waals surface area contributed by atoms with Gasteiger partial charge in [-0.1, -0.05) is 51.0 Å². The molecule has 0 heterocycles. The lowest BCUT2D eigenvalue weighted by atomic mass is 10.0. The first-order valence-corrected chi connectivity index (χ1v) is 6.72. The van der Waals surface area contributed by atoms with Gasteiger partial charge in [-0.3, -0.25) is 4.79 Å². The number of aliphatic carboxylic acids is 1. The molecule has 3 nitrogen and oxygen atoms in total. The molecule has 0 bridgehead atoms. The van der Waals surface area contributed by atoms with E-state index in [0.29, 0.717) is 13.0 Å². The fourth-order valence-corrected chi connectivity index (χ4v) is 2.03. The van der Waals surface area contributed by atoms with E-state index in [9.17, 15) is 4.79 Å². The van der Waals surface area contributed by atoms with Crippen molar-refractivity contribution in [2.75, 3.05) is 0 Å². The van der Waals surface area contributed by atoms with Gasteiger partial charge in [0.2, 0.25) is 0 Å². The molecule has 0 saturated carbocycles. The van der Waals surface area contributed by atoms with Crippen molar-refractivity contribution in [3.05, 3.63) is 35.4 Å². The summed E-state index contributed by atoms with van der Waals surface area (Å²) in [6.07, 6.45) is 3.64. The molecule has 1 rings (SSSR count). The number of carboxylic acids is 1. The Bertz CT molecular complexity index is 377. The van der Waals surface area contributed by atoms with E-state index in [1.165, 1.54) is 11.1 Å². The number of hydrogen-bond donors (Lipinski definition) is 2. The summed E-state index contributed by atoms with van der Waals surface area (Å²) in [7, 11) is 0. The van der Waals surface area contributed by atoms with E-state index in [-0.39, 0.29) is 0 Å². The number of rotatable bonds is 8. The molecule has 3 heteroatoms. The Hall–Kier alpha value is -1.35. The first-order valence-electron chi connectivity index (χ1n) is 6.72. The topological polar surface area (TPSA) is 49.3 Å². The quantitative estimate of drug-likeness (QED) is 0.744. The minimum Gasteiger partial charge on any atom is -0.480 e. The summed E-state index contributed by atoms with van der Waals surface area (Å²) in [6, 6.07) is 7.74. The van der Waals surface area contributed by atoms with Gasteiger partial charge in [-0.25, -0.2) is 0 Å². The summed E-state index contributed by atoms with van der Waals surface area (Å²) in [4.78, 5) is 11.1. The Labute approximate surface area is 109 Å². The molecule has 0 aromatic heterocycles. The molecule has 0 fully saturated rings. The van der Waals surface area contributed by atoms with Crippen molar-refractivity contribution < 1.29 is 9.90 Å². The molecule has 1 unspecified atom stereocenters. The van der Waals surface area contributed by atoms with Crippen LogP contribution in [0.2, 0.25) is 0 Å². The zero-order chi connectivity index (χ0) is 13.4. The number of unbranched alkanes of at least 4 members (excludes halogenated alkanes) is 1. The van der Waals surface area contributed by atoms with Gasteiger partial charge in [-0.15, -0.1) is 0 Å². The lowest BCUT2D eigenvalue weighted by Gasteiger charge is -2.15. The van der Waals surface area contributed by atoms with Crippen LogP contribution in [0.25, 0.3) is 0 Å². The van der Waals surface area contributed by atoms with Gasteiger partial charge < -0.3 is 10.4 Å². The van der Waals surface area contributed by atoms with E-state index < -0.39 is 12.0 Å². The second kappa shape index (κ2) is 7.88. The average molecular weight is 249 g/mol. The largest absolute Gasteiger partial charge is 0.480 e. The maximum absolute atomic E-state index is 11.1. The summed E-state index contributed by atoms with van der Waals surface area (Å²) < 4.78 is 0. The summed E-state index contributed by atoms with van der Waals surface area (Å²) in [5, 5.41) is 12.3. The van der Waals surface area contributed by atoms with Gasteiger partial charge in [0.15, 0.2) is 0 Å². The standard InChI is InChI=1S/C15H23NO2/c1-3-5-10-14(15(17)18)16-11-13-9-7-6-8-12(13)4-2/h6-9,14,16H,3-5,10-11H2,1-2H3,(H,17,18). The van der Waals surface area contributed by atoms with Crippen LogP contribution >= 0.6 is 0 Å². The van der Waals surface area contributed by atoms with Crippen molar-refractivity contribution in [3.8, 4) is 0 Å². The highest BCUT2D eigenvalue weighted by Gasteiger charge is 2.15. The summed E-state index contributed by atoms with van der Waals surface area (Å²) in [5.74, 6) is -0.752. The number of aryl methyl sites for hydroxylation is 1. The second-order valence-electron chi connectivity index (χ2n) is 4.54. The van der Waals surface area contributed by atoms with E-state index in [0.717, 1.165) is 19.3 Å². The fraction of sp³-hybridized carbons (Fsp3) is 0.533. The molecule has 0 aliphatic rings.